The molecule has 0 fully saturated rings. The molecule has 0 atom stereocenters. The van der Waals surface area contributed by atoms with E-state index in [1.807, 2.05) is 17.4 Å². The molecule has 5 heterocycles. The van der Waals surface area contributed by atoms with Crippen molar-refractivity contribution in [3.05, 3.63) is 155 Å². The zero-order valence-corrected chi connectivity index (χ0v) is 30.7. The third-order valence-corrected chi connectivity index (χ3v) is 13.2. The van der Waals surface area contributed by atoms with Gasteiger partial charge in [0.05, 0.1) is 22.4 Å². The summed E-state index contributed by atoms with van der Waals surface area (Å²) >= 11 is 1.90. The van der Waals surface area contributed by atoms with Crippen LogP contribution in [-0.2, 0) is 11.8 Å². The van der Waals surface area contributed by atoms with Crippen LogP contribution in [0.5, 0.6) is 0 Å². The van der Waals surface area contributed by atoms with Gasteiger partial charge in [-0.15, -0.1) is 11.3 Å². The van der Waals surface area contributed by atoms with Gasteiger partial charge in [0.25, 0.3) is 0 Å². The van der Waals surface area contributed by atoms with E-state index in [9.17, 15) is 0 Å². The largest absolute Gasteiger partial charge is 0.454 e. The predicted molar refractivity (Wildman–Crippen MR) is 225 cm³/mol. The van der Waals surface area contributed by atoms with Crippen molar-refractivity contribution >= 4 is 71.4 Å². The van der Waals surface area contributed by atoms with E-state index >= 15 is 0 Å². The molecule has 10 aromatic rings. The van der Waals surface area contributed by atoms with Crippen LogP contribution in [0.2, 0.25) is 0 Å². The lowest BCUT2D eigenvalue weighted by Gasteiger charge is -2.35. The van der Waals surface area contributed by atoms with E-state index in [1.165, 1.54) is 48.4 Å². The van der Waals surface area contributed by atoms with Gasteiger partial charge in [0.1, 0.15) is 11.1 Å². The Morgan fingerprint density at radius 2 is 1.44 bits per heavy atom. The van der Waals surface area contributed by atoms with E-state index in [-0.39, 0.29) is 5.41 Å². The van der Waals surface area contributed by atoms with E-state index < -0.39 is 0 Å². The van der Waals surface area contributed by atoms with Crippen molar-refractivity contribution in [1.82, 2.24) is 14.5 Å². The maximum Gasteiger partial charge on any atom is 0.161 e. The minimum absolute atomic E-state index is 0.223. The lowest BCUT2D eigenvalue weighted by molar-refractivity contribution is 0.630. The van der Waals surface area contributed by atoms with Crippen molar-refractivity contribution in [2.75, 3.05) is 0 Å². The van der Waals surface area contributed by atoms with Gasteiger partial charge in [-0.25, -0.2) is 9.97 Å². The fraction of sp³-hybridized carbons (Fsp3) is 0.102. The normalized spacial score (nSPS) is 14.4. The van der Waals surface area contributed by atoms with Gasteiger partial charge in [-0.1, -0.05) is 105 Å². The number of aryl methyl sites for hydroxylation is 1. The molecule has 256 valence electrons. The Bertz CT molecular complexity index is 3260. The van der Waals surface area contributed by atoms with Crippen molar-refractivity contribution < 1.29 is 4.42 Å². The molecule has 0 saturated carbocycles. The van der Waals surface area contributed by atoms with Gasteiger partial charge in [-0.05, 0) is 89.2 Å². The summed E-state index contributed by atoms with van der Waals surface area (Å²) in [6.45, 7) is 4.71. The first-order valence-electron chi connectivity index (χ1n) is 18.7. The minimum atomic E-state index is -0.223. The van der Waals surface area contributed by atoms with Crippen LogP contribution in [0.15, 0.2) is 138 Å². The molecule has 0 radical (unpaired) electrons. The van der Waals surface area contributed by atoms with Gasteiger partial charge >= 0.3 is 0 Å². The second kappa shape index (κ2) is 10.9. The van der Waals surface area contributed by atoms with Crippen molar-refractivity contribution in [1.29, 1.82) is 0 Å². The van der Waals surface area contributed by atoms with Crippen LogP contribution in [0.1, 0.15) is 41.8 Å². The van der Waals surface area contributed by atoms with E-state index in [0.717, 1.165) is 79.4 Å². The molecule has 1 aliphatic carbocycles. The lowest BCUT2D eigenvalue weighted by atomic mass is 9.74. The number of thiophene rings is 1. The summed E-state index contributed by atoms with van der Waals surface area (Å²) in [5, 5.41) is 4.65. The number of rotatable bonds is 3. The molecule has 6 aromatic carbocycles. The third kappa shape index (κ3) is 4.07. The van der Waals surface area contributed by atoms with Crippen molar-refractivity contribution in [2.45, 2.75) is 32.1 Å². The zero-order valence-electron chi connectivity index (χ0n) is 29.9. The number of hydrogen-bond donors (Lipinski definition) is 0. The molecule has 0 unspecified atom stereocenters. The number of benzene rings is 6. The Labute approximate surface area is 315 Å². The molecule has 5 heteroatoms. The smallest absolute Gasteiger partial charge is 0.161 e. The first-order valence-corrected chi connectivity index (χ1v) is 19.5. The number of para-hydroxylation sites is 3. The monoisotopic (exact) mass is 711 g/mol. The summed E-state index contributed by atoms with van der Waals surface area (Å²) < 4.78 is 10.2. The van der Waals surface area contributed by atoms with E-state index in [1.54, 1.807) is 0 Å². The Hall–Kier alpha value is -6.30. The van der Waals surface area contributed by atoms with Crippen LogP contribution in [0.25, 0.3) is 99.5 Å². The van der Waals surface area contributed by atoms with Gasteiger partial charge in [0.2, 0.25) is 0 Å². The average Bonchev–Trinajstić information content (AvgIpc) is 3.89. The van der Waals surface area contributed by atoms with Gasteiger partial charge < -0.3 is 8.98 Å². The number of furan rings is 1. The summed E-state index contributed by atoms with van der Waals surface area (Å²) in [5.74, 6) is 0.771. The Morgan fingerprint density at radius 3 is 2.39 bits per heavy atom. The maximum absolute atomic E-state index is 6.54. The number of allylic oxidation sites excluding steroid dienone is 1. The molecular weight excluding hydrogens is 679 g/mol. The molecule has 4 nitrogen and oxygen atoms in total. The highest BCUT2D eigenvalue weighted by Crippen LogP contribution is 2.50. The molecule has 0 spiro atoms. The van der Waals surface area contributed by atoms with Crippen LogP contribution in [0.4, 0.5) is 0 Å². The van der Waals surface area contributed by atoms with Crippen LogP contribution >= 0.6 is 11.3 Å². The first-order chi connectivity index (χ1) is 26.5. The van der Waals surface area contributed by atoms with Crippen LogP contribution < -0.4 is 0 Å². The summed E-state index contributed by atoms with van der Waals surface area (Å²) in [6, 6.07) is 45.9. The molecule has 4 aromatic heterocycles. The second-order valence-electron chi connectivity index (χ2n) is 15.2. The Kier molecular flexibility index (Phi) is 6.08. The first kappa shape index (κ1) is 30.2. The van der Waals surface area contributed by atoms with Crippen molar-refractivity contribution in [2.24, 2.45) is 0 Å². The molecule has 0 saturated heterocycles. The van der Waals surface area contributed by atoms with Crippen LogP contribution in [0.3, 0.4) is 0 Å². The van der Waals surface area contributed by atoms with Gasteiger partial charge in [-0.3, -0.25) is 0 Å². The quantitative estimate of drug-likeness (QED) is 0.183. The van der Waals surface area contributed by atoms with E-state index in [4.69, 9.17) is 14.4 Å². The zero-order chi connectivity index (χ0) is 35.7. The summed E-state index contributed by atoms with van der Waals surface area (Å²) in [7, 11) is 0. The highest BCUT2D eigenvalue weighted by Gasteiger charge is 2.36. The van der Waals surface area contributed by atoms with Crippen molar-refractivity contribution in [3.63, 3.8) is 0 Å². The molecule has 0 bridgehead atoms. The lowest BCUT2D eigenvalue weighted by Crippen LogP contribution is -2.26. The standard InChI is InChI=1S/C49H33N3OS/c1-49(2)37-20-11-18-35-44(37)52(45-34-16-4-7-22-41(34)53-46(35)45)40-25-24-29(27-38(40)49)28-12-9-13-30(26-28)43-33-15-3-6-21-39(33)50-48(51-43)36-19-10-17-32-31-14-5-8-23-42(31)54-47(32)36/h3-7,9-22,24-27H,8,23H2,1-2H3. The molecule has 54 heavy (non-hydrogen) atoms. The average molecular weight is 712 g/mol. The highest BCUT2D eigenvalue weighted by atomic mass is 32.1. The third-order valence-electron chi connectivity index (χ3n) is 11.8. The Morgan fingerprint density at radius 1 is 0.667 bits per heavy atom. The molecule has 0 amide bonds. The number of fused-ring (bicyclic) bond motifs is 11. The van der Waals surface area contributed by atoms with E-state index in [0.29, 0.717) is 0 Å². The molecule has 12 rings (SSSR count). The highest BCUT2D eigenvalue weighted by molar-refractivity contribution is 7.20. The fourth-order valence-corrected chi connectivity index (χ4v) is 10.5. The van der Waals surface area contributed by atoms with E-state index in [2.05, 4.69) is 152 Å². The molecular formula is C49H33N3OS. The fourth-order valence-electron chi connectivity index (χ4n) is 9.23. The summed E-state index contributed by atoms with van der Waals surface area (Å²) in [4.78, 5) is 12.0. The van der Waals surface area contributed by atoms with Crippen LogP contribution in [-0.4, -0.2) is 14.5 Å². The minimum Gasteiger partial charge on any atom is -0.454 e. The number of hydrogen-bond acceptors (Lipinski definition) is 4. The van der Waals surface area contributed by atoms with Crippen molar-refractivity contribution in [3.8, 4) is 39.5 Å². The topological polar surface area (TPSA) is 43.9 Å². The molecule has 0 N–H and O–H groups in total. The van der Waals surface area contributed by atoms with Gasteiger partial charge in [0.15, 0.2) is 11.4 Å². The van der Waals surface area contributed by atoms with Gasteiger partial charge in [-0.2, -0.15) is 0 Å². The SMILES string of the molecule is CC1(C)c2cc(-c3cccc(-c4nc(-c5cccc6c7c(sc56)CCC=C7)nc5ccccc45)c3)ccc2-n2c3c1cccc3c1oc3ccccc3c12. The number of aromatic nitrogens is 3. The molecule has 2 aliphatic rings. The number of nitrogens with zero attached hydrogens (tertiary/aromatic N) is 3. The summed E-state index contributed by atoms with van der Waals surface area (Å²) in [6.07, 6.45) is 6.77. The Balaban J connectivity index is 1.03. The van der Waals surface area contributed by atoms with Crippen LogP contribution in [0, 0.1) is 0 Å². The van der Waals surface area contributed by atoms with Gasteiger partial charge in [0, 0.05) is 47.7 Å². The molecule has 1 aliphatic heterocycles. The maximum atomic E-state index is 6.54. The summed E-state index contributed by atoms with van der Waals surface area (Å²) in [5.41, 5.74) is 15.6. The second-order valence-corrected chi connectivity index (χ2v) is 16.3. The predicted octanol–water partition coefficient (Wildman–Crippen LogP) is 13.3.